The highest BCUT2D eigenvalue weighted by Crippen LogP contribution is 2.50. The predicted molar refractivity (Wildman–Crippen MR) is 79.7 cm³/mol. The lowest BCUT2D eigenvalue weighted by Crippen LogP contribution is -2.49. The minimum atomic E-state index is -0.761. The summed E-state index contributed by atoms with van der Waals surface area (Å²) in [4.78, 5) is 0. The molecule has 0 radical (unpaired) electrons. The number of nitrogens with zero attached hydrogens (tertiary/aromatic N) is 1. The highest BCUT2D eigenvalue weighted by Gasteiger charge is 2.50. The molecule has 0 aromatic heterocycles. The zero-order chi connectivity index (χ0) is 14.4. The Kier molecular flexibility index (Phi) is 6.33. The SMILES string of the molecule is CCCC1CCC(C#N)(C(O)(CCC)CCC)CC1. The maximum Gasteiger partial charge on any atom is 0.0860 e. The highest BCUT2D eigenvalue weighted by atomic mass is 16.3. The van der Waals surface area contributed by atoms with Crippen molar-refractivity contribution in [1.82, 2.24) is 0 Å². The van der Waals surface area contributed by atoms with Crippen molar-refractivity contribution in [2.45, 2.75) is 90.6 Å². The van der Waals surface area contributed by atoms with Gasteiger partial charge in [0.15, 0.2) is 0 Å². The minimum absolute atomic E-state index is 0.483. The van der Waals surface area contributed by atoms with Crippen LogP contribution in [0.3, 0.4) is 0 Å². The van der Waals surface area contributed by atoms with E-state index in [4.69, 9.17) is 0 Å². The van der Waals surface area contributed by atoms with E-state index < -0.39 is 11.0 Å². The lowest BCUT2D eigenvalue weighted by atomic mass is 9.59. The molecule has 1 rings (SSSR count). The Morgan fingerprint density at radius 3 is 2.00 bits per heavy atom. The van der Waals surface area contributed by atoms with Crippen LogP contribution in [0, 0.1) is 22.7 Å². The van der Waals surface area contributed by atoms with Crippen molar-refractivity contribution in [2.75, 3.05) is 0 Å². The monoisotopic (exact) mass is 265 g/mol. The van der Waals surface area contributed by atoms with Crippen LogP contribution in [0.15, 0.2) is 0 Å². The smallest absolute Gasteiger partial charge is 0.0860 e. The van der Waals surface area contributed by atoms with E-state index in [9.17, 15) is 10.4 Å². The molecule has 2 heteroatoms. The third-order valence-corrected chi connectivity index (χ3v) is 5.09. The molecule has 0 aliphatic heterocycles. The van der Waals surface area contributed by atoms with Crippen LogP contribution >= 0.6 is 0 Å². The Morgan fingerprint density at radius 2 is 1.63 bits per heavy atom. The molecule has 1 aliphatic rings. The van der Waals surface area contributed by atoms with Gasteiger partial charge in [0.2, 0.25) is 0 Å². The number of aliphatic hydroxyl groups is 1. The second kappa shape index (κ2) is 7.29. The Balaban J connectivity index is 2.83. The van der Waals surface area contributed by atoms with Crippen molar-refractivity contribution >= 4 is 0 Å². The van der Waals surface area contributed by atoms with Gasteiger partial charge in [0.05, 0.1) is 17.1 Å². The molecule has 0 aromatic carbocycles. The van der Waals surface area contributed by atoms with Gasteiger partial charge in [-0.15, -0.1) is 0 Å². The van der Waals surface area contributed by atoms with Gasteiger partial charge in [0, 0.05) is 0 Å². The maximum atomic E-state index is 11.1. The normalized spacial score (nSPS) is 28.1. The van der Waals surface area contributed by atoms with Crippen LogP contribution in [-0.4, -0.2) is 10.7 Å². The van der Waals surface area contributed by atoms with E-state index in [-0.39, 0.29) is 0 Å². The van der Waals surface area contributed by atoms with Crippen molar-refractivity contribution in [3.63, 3.8) is 0 Å². The third-order valence-electron chi connectivity index (χ3n) is 5.09. The van der Waals surface area contributed by atoms with Crippen LogP contribution in [0.4, 0.5) is 0 Å². The fourth-order valence-electron chi connectivity index (χ4n) is 3.98. The summed E-state index contributed by atoms with van der Waals surface area (Å²) < 4.78 is 0. The van der Waals surface area contributed by atoms with E-state index in [1.807, 2.05) is 0 Å². The minimum Gasteiger partial charge on any atom is -0.388 e. The van der Waals surface area contributed by atoms with Gasteiger partial charge in [-0.25, -0.2) is 0 Å². The molecule has 2 nitrogen and oxygen atoms in total. The standard InChI is InChI=1S/C17H31NO/c1-4-7-15-8-12-16(14-18,13-9-15)17(19,10-5-2)11-6-3/h15,19H,4-13H2,1-3H3. The zero-order valence-corrected chi connectivity index (χ0v) is 13.0. The van der Waals surface area contributed by atoms with E-state index in [2.05, 4.69) is 26.8 Å². The van der Waals surface area contributed by atoms with Gasteiger partial charge in [-0.05, 0) is 44.4 Å². The summed E-state index contributed by atoms with van der Waals surface area (Å²) in [5, 5.41) is 20.8. The number of hydrogen-bond acceptors (Lipinski definition) is 2. The summed E-state index contributed by atoms with van der Waals surface area (Å²) in [5.74, 6) is 0.777. The molecule has 1 fully saturated rings. The summed E-state index contributed by atoms with van der Waals surface area (Å²) in [5.41, 5.74) is -1.24. The summed E-state index contributed by atoms with van der Waals surface area (Å²) in [6.45, 7) is 6.44. The molecular weight excluding hydrogens is 234 g/mol. The molecule has 1 N–H and O–H groups in total. The summed E-state index contributed by atoms with van der Waals surface area (Å²) in [7, 11) is 0. The molecule has 0 aromatic rings. The Bertz CT molecular complexity index is 291. The van der Waals surface area contributed by atoms with Crippen molar-refractivity contribution in [1.29, 1.82) is 5.26 Å². The molecule has 110 valence electrons. The van der Waals surface area contributed by atoms with Gasteiger partial charge >= 0.3 is 0 Å². The van der Waals surface area contributed by atoms with E-state index in [0.717, 1.165) is 57.3 Å². The molecular formula is C17H31NO. The van der Waals surface area contributed by atoms with Crippen molar-refractivity contribution in [3.8, 4) is 6.07 Å². The second-order valence-corrected chi connectivity index (χ2v) is 6.46. The van der Waals surface area contributed by atoms with Crippen LogP contribution in [0.2, 0.25) is 0 Å². The average molecular weight is 265 g/mol. The van der Waals surface area contributed by atoms with Crippen LogP contribution in [0.25, 0.3) is 0 Å². The quantitative estimate of drug-likeness (QED) is 0.717. The molecule has 0 bridgehead atoms. The van der Waals surface area contributed by atoms with Gasteiger partial charge < -0.3 is 5.11 Å². The Morgan fingerprint density at radius 1 is 1.11 bits per heavy atom. The van der Waals surface area contributed by atoms with Crippen molar-refractivity contribution in [3.05, 3.63) is 0 Å². The second-order valence-electron chi connectivity index (χ2n) is 6.46. The van der Waals surface area contributed by atoms with Gasteiger partial charge in [0.25, 0.3) is 0 Å². The van der Waals surface area contributed by atoms with Crippen molar-refractivity contribution < 1.29 is 5.11 Å². The summed E-state index contributed by atoms with van der Waals surface area (Å²) >= 11 is 0. The summed E-state index contributed by atoms with van der Waals surface area (Å²) in [6, 6.07) is 2.54. The highest BCUT2D eigenvalue weighted by molar-refractivity contribution is 5.12. The third kappa shape index (κ3) is 3.51. The lowest BCUT2D eigenvalue weighted by Gasteiger charge is -2.47. The molecule has 1 saturated carbocycles. The molecule has 0 atom stereocenters. The largest absolute Gasteiger partial charge is 0.388 e. The van der Waals surface area contributed by atoms with E-state index in [1.54, 1.807) is 0 Å². The van der Waals surface area contributed by atoms with Gasteiger partial charge in [0.1, 0.15) is 0 Å². The Hall–Kier alpha value is -0.550. The van der Waals surface area contributed by atoms with E-state index >= 15 is 0 Å². The molecule has 19 heavy (non-hydrogen) atoms. The number of nitriles is 1. The fraction of sp³-hybridized carbons (Fsp3) is 0.941. The first-order valence-electron chi connectivity index (χ1n) is 8.21. The molecule has 0 amide bonds. The van der Waals surface area contributed by atoms with E-state index in [1.165, 1.54) is 12.8 Å². The van der Waals surface area contributed by atoms with Crippen molar-refractivity contribution in [2.24, 2.45) is 11.3 Å². The van der Waals surface area contributed by atoms with E-state index in [0.29, 0.717) is 0 Å². The van der Waals surface area contributed by atoms with Crippen LogP contribution in [0.5, 0.6) is 0 Å². The molecule has 1 aliphatic carbocycles. The van der Waals surface area contributed by atoms with Crippen LogP contribution in [0.1, 0.15) is 85.0 Å². The molecule has 0 unspecified atom stereocenters. The maximum absolute atomic E-state index is 11.1. The first-order valence-corrected chi connectivity index (χ1v) is 8.21. The first kappa shape index (κ1) is 16.5. The Labute approximate surface area is 119 Å². The zero-order valence-electron chi connectivity index (χ0n) is 13.0. The van der Waals surface area contributed by atoms with Gasteiger partial charge in [-0.2, -0.15) is 5.26 Å². The topological polar surface area (TPSA) is 44.0 Å². The number of hydrogen-bond donors (Lipinski definition) is 1. The first-order chi connectivity index (χ1) is 9.07. The average Bonchev–Trinajstić information content (AvgIpc) is 2.40. The molecule has 0 spiro atoms. The van der Waals surface area contributed by atoms with Crippen LogP contribution < -0.4 is 0 Å². The van der Waals surface area contributed by atoms with Gasteiger partial charge in [-0.3, -0.25) is 0 Å². The predicted octanol–water partition coefficient (Wildman–Crippen LogP) is 4.82. The summed E-state index contributed by atoms with van der Waals surface area (Å²) in [6.07, 6.45) is 10.00. The number of rotatable bonds is 7. The molecule has 0 saturated heterocycles. The lowest BCUT2D eigenvalue weighted by molar-refractivity contribution is -0.0911. The van der Waals surface area contributed by atoms with Gasteiger partial charge in [-0.1, -0.05) is 46.5 Å². The van der Waals surface area contributed by atoms with Crippen LogP contribution in [-0.2, 0) is 0 Å². The molecule has 0 heterocycles. The fourth-order valence-corrected chi connectivity index (χ4v) is 3.98.